The third kappa shape index (κ3) is 2.99. The third-order valence-electron chi connectivity index (χ3n) is 3.36. The van der Waals surface area contributed by atoms with Crippen LogP contribution in [0.5, 0.6) is 0 Å². The van der Waals surface area contributed by atoms with Gasteiger partial charge in [-0.05, 0) is 17.7 Å². The van der Waals surface area contributed by atoms with Crippen LogP contribution in [0, 0.1) is 0 Å². The molecule has 18 heavy (non-hydrogen) atoms. The minimum Gasteiger partial charge on any atom is -0.340 e. The van der Waals surface area contributed by atoms with Crippen LogP contribution in [-0.2, 0) is 10.2 Å². The van der Waals surface area contributed by atoms with E-state index in [0.717, 1.165) is 10.6 Å². The van der Waals surface area contributed by atoms with Crippen LogP contribution in [0.25, 0.3) is 0 Å². The molecule has 4 heteroatoms. The fourth-order valence-electron chi connectivity index (χ4n) is 2.35. The van der Waals surface area contributed by atoms with Crippen molar-refractivity contribution >= 4 is 29.1 Å². The first-order valence-corrected chi connectivity index (χ1v) is 6.88. The summed E-state index contributed by atoms with van der Waals surface area (Å²) in [6.45, 7) is 5.56. The smallest absolute Gasteiger partial charge is 0.224 e. The quantitative estimate of drug-likeness (QED) is 0.779. The number of carbonyl (C=O) groups is 1. The zero-order valence-electron chi connectivity index (χ0n) is 10.6. The molecule has 0 radical (unpaired) electrons. The molecule has 0 saturated carbocycles. The Morgan fingerprint density at radius 1 is 1.44 bits per heavy atom. The summed E-state index contributed by atoms with van der Waals surface area (Å²) in [5, 5.41) is 0.677. The summed E-state index contributed by atoms with van der Waals surface area (Å²) in [5.41, 5.74) is 1.02. The number of hydrogen-bond donors (Lipinski definition) is 0. The fraction of sp³-hybridized carbons (Fsp3) is 0.500. The molecule has 1 fully saturated rings. The minimum absolute atomic E-state index is 0.0485. The lowest BCUT2D eigenvalue weighted by Gasteiger charge is -2.31. The van der Waals surface area contributed by atoms with E-state index in [-0.39, 0.29) is 16.7 Å². The number of hydrogen-bond acceptors (Lipinski definition) is 1. The molecule has 1 heterocycles. The summed E-state index contributed by atoms with van der Waals surface area (Å²) in [4.78, 5) is 13.6. The second kappa shape index (κ2) is 5.10. The van der Waals surface area contributed by atoms with Crippen LogP contribution in [0.4, 0.5) is 0 Å². The number of halogens is 2. The largest absolute Gasteiger partial charge is 0.340 e. The number of likely N-dealkylation sites (tertiary alicyclic amines) is 1. The molecule has 1 saturated heterocycles. The molecular weight excluding hydrogens is 269 g/mol. The van der Waals surface area contributed by atoms with Gasteiger partial charge < -0.3 is 4.90 Å². The lowest BCUT2D eigenvalue weighted by molar-refractivity contribution is -0.128. The first-order chi connectivity index (χ1) is 8.38. The van der Waals surface area contributed by atoms with Gasteiger partial charge >= 0.3 is 0 Å². The van der Waals surface area contributed by atoms with Crippen LogP contribution in [0.2, 0.25) is 5.02 Å². The highest BCUT2D eigenvalue weighted by atomic mass is 35.5. The maximum absolute atomic E-state index is 11.8. The second-order valence-electron chi connectivity index (χ2n) is 5.47. The molecule has 1 aliphatic rings. The summed E-state index contributed by atoms with van der Waals surface area (Å²) in [5.74, 6) is 0.144. The zero-order valence-corrected chi connectivity index (χ0v) is 12.1. The van der Waals surface area contributed by atoms with Crippen molar-refractivity contribution < 1.29 is 4.79 Å². The molecule has 1 unspecified atom stereocenters. The van der Waals surface area contributed by atoms with E-state index in [0.29, 0.717) is 19.5 Å². The summed E-state index contributed by atoms with van der Waals surface area (Å²) >= 11 is 12.0. The Kier molecular flexibility index (Phi) is 3.88. The standard InChI is InChI=1S/C14H17Cl2NO/c1-14(2,10-4-3-5-11(15)6-10)9-17-8-12(16)7-13(17)18/h3-6,12H,7-9H2,1-2H3. The van der Waals surface area contributed by atoms with Gasteiger partial charge in [0.1, 0.15) is 0 Å². The van der Waals surface area contributed by atoms with E-state index in [4.69, 9.17) is 23.2 Å². The van der Waals surface area contributed by atoms with Crippen LogP contribution in [0.1, 0.15) is 25.8 Å². The van der Waals surface area contributed by atoms with Gasteiger partial charge in [-0.3, -0.25) is 4.79 Å². The summed E-state index contributed by atoms with van der Waals surface area (Å²) in [6, 6.07) is 7.80. The fourth-order valence-corrected chi connectivity index (χ4v) is 2.84. The average molecular weight is 286 g/mol. The Morgan fingerprint density at radius 2 is 2.17 bits per heavy atom. The summed E-state index contributed by atoms with van der Waals surface area (Å²) < 4.78 is 0. The summed E-state index contributed by atoms with van der Waals surface area (Å²) in [6.07, 6.45) is 0.452. The lowest BCUT2D eigenvalue weighted by Crippen LogP contribution is -2.38. The first kappa shape index (κ1) is 13.7. The van der Waals surface area contributed by atoms with Crippen LogP contribution in [0.3, 0.4) is 0 Å². The maximum atomic E-state index is 11.8. The van der Waals surface area contributed by atoms with Gasteiger partial charge in [0.25, 0.3) is 0 Å². The van der Waals surface area contributed by atoms with Gasteiger partial charge in [0.15, 0.2) is 0 Å². The minimum atomic E-state index is -0.124. The maximum Gasteiger partial charge on any atom is 0.224 e. The van der Waals surface area contributed by atoms with Crippen LogP contribution in [0.15, 0.2) is 24.3 Å². The van der Waals surface area contributed by atoms with Crippen molar-refractivity contribution in [1.82, 2.24) is 4.90 Å². The highest BCUT2D eigenvalue weighted by Crippen LogP contribution is 2.29. The molecule has 0 bridgehead atoms. The molecule has 0 N–H and O–H groups in total. The SMILES string of the molecule is CC(C)(CN1CC(Cl)CC1=O)c1cccc(Cl)c1. The van der Waals surface area contributed by atoms with Crippen molar-refractivity contribution in [2.75, 3.05) is 13.1 Å². The molecule has 2 nitrogen and oxygen atoms in total. The normalized spacial score (nSPS) is 20.6. The number of carbonyl (C=O) groups excluding carboxylic acids is 1. The van der Waals surface area contributed by atoms with Crippen molar-refractivity contribution in [2.45, 2.75) is 31.1 Å². The summed E-state index contributed by atoms with van der Waals surface area (Å²) in [7, 11) is 0. The Hall–Kier alpha value is -0.730. The number of amides is 1. The van der Waals surface area contributed by atoms with Crippen molar-refractivity contribution in [2.24, 2.45) is 0 Å². The Balaban J connectivity index is 2.14. The predicted molar refractivity (Wildman–Crippen MR) is 75.3 cm³/mol. The van der Waals surface area contributed by atoms with Gasteiger partial charge in [0, 0.05) is 29.9 Å². The van der Waals surface area contributed by atoms with Gasteiger partial charge in [0.05, 0.1) is 5.38 Å². The van der Waals surface area contributed by atoms with E-state index in [1.165, 1.54) is 0 Å². The molecule has 1 aromatic carbocycles. The molecule has 0 spiro atoms. The van der Waals surface area contributed by atoms with E-state index >= 15 is 0 Å². The van der Waals surface area contributed by atoms with Gasteiger partial charge in [0.2, 0.25) is 5.91 Å². The Morgan fingerprint density at radius 3 is 2.72 bits per heavy atom. The molecule has 1 aliphatic heterocycles. The van der Waals surface area contributed by atoms with Gasteiger partial charge in [-0.2, -0.15) is 0 Å². The van der Waals surface area contributed by atoms with E-state index in [2.05, 4.69) is 13.8 Å². The van der Waals surface area contributed by atoms with Crippen molar-refractivity contribution in [3.05, 3.63) is 34.9 Å². The number of rotatable bonds is 3. The number of alkyl halides is 1. The monoisotopic (exact) mass is 285 g/mol. The van der Waals surface area contributed by atoms with E-state index in [1.807, 2.05) is 29.2 Å². The highest BCUT2D eigenvalue weighted by molar-refractivity contribution is 6.30. The van der Waals surface area contributed by atoms with Crippen LogP contribution < -0.4 is 0 Å². The molecule has 98 valence electrons. The topological polar surface area (TPSA) is 20.3 Å². The number of benzene rings is 1. The Bertz CT molecular complexity index is 459. The van der Waals surface area contributed by atoms with Gasteiger partial charge in [-0.15, -0.1) is 11.6 Å². The third-order valence-corrected chi connectivity index (χ3v) is 3.89. The molecule has 1 aromatic rings. The molecule has 0 aliphatic carbocycles. The van der Waals surface area contributed by atoms with E-state index in [1.54, 1.807) is 0 Å². The van der Waals surface area contributed by atoms with Crippen LogP contribution >= 0.6 is 23.2 Å². The highest BCUT2D eigenvalue weighted by Gasteiger charge is 2.33. The van der Waals surface area contributed by atoms with Crippen molar-refractivity contribution in [3.8, 4) is 0 Å². The first-order valence-electron chi connectivity index (χ1n) is 6.06. The molecule has 1 atom stereocenters. The zero-order chi connectivity index (χ0) is 13.3. The molecule has 0 aromatic heterocycles. The molecule has 1 amide bonds. The van der Waals surface area contributed by atoms with Crippen molar-refractivity contribution in [3.63, 3.8) is 0 Å². The second-order valence-corrected chi connectivity index (χ2v) is 6.52. The van der Waals surface area contributed by atoms with Gasteiger partial charge in [-0.25, -0.2) is 0 Å². The molecular formula is C14H17Cl2NO. The average Bonchev–Trinajstić information content (AvgIpc) is 2.56. The van der Waals surface area contributed by atoms with Crippen LogP contribution in [-0.4, -0.2) is 29.3 Å². The predicted octanol–water partition coefficient (Wildman–Crippen LogP) is 3.46. The Labute approximate surface area is 118 Å². The van der Waals surface area contributed by atoms with Gasteiger partial charge in [-0.1, -0.05) is 37.6 Å². The molecule has 2 rings (SSSR count). The van der Waals surface area contributed by atoms with E-state index < -0.39 is 0 Å². The number of nitrogens with zero attached hydrogens (tertiary/aromatic N) is 1. The van der Waals surface area contributed by atoms with E-state index in [9.17, 15) is 4.79 Å². The lowest BCUT2D eigenvalue weighted by atomic mass is 9.84. The van der Waals surface area contributed by atoms with Crippen molar-refractivity contribution in [1.29, 1.82) is 0 Å².